The Morgan fingerprint density at radius 1 is 1.33 bits per heavy atom. The zero-order valence-electron chi connectivity index (χ0n) is 9.12. The summed E-state index contributed by atoms with van der Waals surface area (Å²) in [5, 5.41) is 4.46. The van der Waals surface area contributed by atoms with E-state index in [-0.39, 0.29) is 5.82 Å². The Bertz CT molecular complexity index is 321. The molecule has 82 valence electrons. The summed E-state index contributed by atoms with van der Waals surface area (Å²) >= 11 is 0. The third-order valence-electron chi connectivity index (χ3n) is 2.83. The quantitative estimate of drug-likeness (QED) is 0.753. The first kappa shape index (κ1) is 10.4. The molecule has 0 spiro atoms. The van der Waals surface area contributed by atoms with E-state index in [2.05, 4.69) is 16.9 Å². The molecule has 0 aliphatic carbocycles. The van der Waals surface area contributed by atoms with Crippen molar-refractivity contribution in [2.75, 3.05) is 24.6 Å². The molecule has 1 aliphatic rings. The third-order valence-corrected chi connectivity index (χ3v) is 2.83. The summed E-state index contributed by atoms with van der Waals surface area (Å²) < 4.78 is 13.1. The summed E-state index contributed by atoms with van der Waals surface area (Å²) in [5.74, 6) is -0.162. The van der Waals surface area contributed by atoms with Crippen molar-refractivity contribution in [2.24, 2.45) is 0 Å². The molecular weight excluding hydrogens is 191 g/mol. The average Bonchev–Trinajstić information content (AvgIpc) is 2.72. The van der Waals surface area contributed by atoms with Gasteiger partial charge in [0.15, 0.2) is 0 Å². The molecule has 0 radical (unpaired) electrons. The summed E-state index contributed by atoms with van der Waals surface area (Å²) in [6.45, 7) is 5.17. The molecule has 2 nitrogen and oxygen atoms in total. The zero-order chi connectivity index (χ0) is 10.7. The van der Waals surface area contributed by atoms with Crippen molar-refractivity contribution in [3.63, 3.8) is 0 Å². The standard InChI is InChI=1S/C12H17FN2/c1-2-15(14-8-3-4-9-14)12-7-5-6-11(13)10-12/h5-7,10H,2-4,8-9H2,1H3. The first-order valence-corrected chi connectivity index (χ1v) is 5.59. The maximum Gasteiger partial charge on any atom is 0.125 e. The van der Waals surface area contributed by atoms with Crippen LogP contribution in [0, 0.1) is 5.82 Å². The Morgan fingerprint density at radius 2 is 2.07 bits per heavy atom. The van der Waals surface area contributed by atoms with Crippen molar-refractivity contribution in [1.29, 1.82) is 0 Å². The van der Waals surface area contributed by atoms with E-state index < -0.39 is 0 Å². The molecule has 1 aromatic carbocycles. The van der Waals surface area contributed by atoms with Gasteiger partial charge in [0.2, 0.25) is 0 Å². The predicted octanol–water partition coefficient (Wildman–Crippen LogP) is 2.66. The third kappa shape index (κ3) is 2.29. The van der Waals surface area contributed by atoms with Crippen molar-refractivity contribution >= 4 is 5.69 Å². The minimum Gasteiger partial charge on any atom is -0.306 e. The van der Waals surface area contributed by atoms with Gasteiger partial charge in [-0.15, -0.1) is 0 Å². The van der Waals surface area contributed by atoms with Gasteiger partial charge in [-0.1, -0.05) is 6.07 Å². The van der Waals surface area contributed by atoms with Crippen LogP contribution in [-0.2, 0) is 0 Å². The summed E-state index contributed by atoms with van der Waals surface area (Å²) in [5.41, 5.74) is 0.958. The van der Waals surface area contributed by atoms with Gasteiger partial charge in [-0.05, 0) is 38.0 Å². The molecule has 1 heterocycles. The van der Waals surface area contributed by atoms with E-state index in [0.717, 1.165) is 25.3 Å². The van der Waals surface area contributed by atoms with E-state index in [1.54, 1.807) is 12.1 Å². The van der Waals surface area contributed by atoms with Crippen LogP contribution in [0.4, 0.5) is 10.1 Å². The lowest BCUT2D eigenvalue weighted by atomic mass is 10.3. The highest BCUT2D eigenvalue weighted by atomic mass is 19.1. The van der Waals surface area contributed by atoms with Gasteiger partial charge in [-0.3, -0.25) is 0 Å². The minimum atomic E-state index is -0.162. The summed E-state index contributed by atoms with van der Waals surface area (Å²) in [6, 6.07) is 6.82. The van der Waals surface area contributed by atoms with Crippen molar-refractivity contribution < 1.29 is 4.39 Å². The molecule has 1 saturated heterocycles. The lowest BCUT2D eigenvalue weighted by molar-refractivity contribution is 0.312. The highest BCUT2D eigenvalue weighted by Gasteiger charge is 2.18. The molecule has 0 N–H and O–H groups in total. The Labute approximate surface area is 90.3 Å². The summed E-state index contributed by atoms with van der Waals surface area (Å²) in [6.07, 6.45) is 2.48. The number of benzene rings is 1. The van der Waals surface area contributed by atoms with Crippen molar-refractivity contribution in [3.05, 3.63) is 30.1 Å². The van der Waals surface area contributed by atoms with Crippen molar-refractivity contribution in [2.45, 2.75) is 19.8 Å². The number of nitrogens with zero attached hydrogens (tertiary/aromatic N) is 2. The molecular formula is C12H17FN2. The lowest BCUT2D eigenvalue weighted by Gasteiger charge is -2.32. The van der Waals surface area contributed by atoms with Gasteiger partial charge in [0.05, 0.1) is 5.69 Å². The number of hydrogen-bond donors (Lipinski definition) is 0. The van der Waals surface area contributed by atoms with Crippen LogP contribution < -0.4 is 5.01 Å². The van der Waals surface area contributed by atoms with Gasteiger partial charge < -0.3 is 5.01 Å². The van der Waals surface area contributed by atoms with Gasteiger partial charge in [0.1, 0.15) is 5.82 Å². The normalized spacial score (nSPS) is 16.9. The van der Waals surface area contributed by atoms with E-state index in [9.17, 15) is 4.39 Å². The molecule has 1 aromatic rings. The minimum absolute atomic E-state index is 0.162. The molecule has 1 fully saturated rings. The lowest BCUT2D eigenvalue weighted by Crippen LogP contribution is -2.40. The molecule has 0 bridgehead atoms. The topological polar surface area (TPSA) is 6.48 Å². The molecule has 15 heavy (non-hydrogen) atoms. The van der Waals surface area contributed by atoms with Crippen molar-refractivity contribution in [1.82, 2.24) is 5.01 Å². The smallest absolute Gasteiger partial charge is 0.125 e. The monoisotopic (exact) mass is 208 g/mol. The van der Waals surface area contributed by atoms with E-state index in [4.69, 9.17) is 0 Å². The SMILES string of the molecule is CCN(c1cccc(F)c1)N1CCCC1. The second-order valence-electron chi connectivity index (χ2n) is 3.86. The first-order valence-electron chi connectivity index (χ1n) is 5.59. The highest BCUT2D eigenvalue weighted by molar-refractivity contribution is 5.45. The largest absolute Gasteiger partial charge is 0.306 e. The van der Waals surface area contributed by atoms with E-state index in [1.807, 2.05) is 6.07 Å². The Kier molecular flexibility index (Phi) is 3.21. The predicted molar refractivity (Wildman–Crippen MR) is 60.2 cm³/mol. The molecule has 2 rings (SSSR count). The zero-order valence-corrected chi connectivity index (χ0v) is 9.12. The fourth-order valence-electron chi connectivity index (χ4n) is 2.12. The van der Waals surface area contributed by atoms with Gasteiger partial charge in [0, 0.05) is 19.6 Å². The molecule has 0 unspecified atom stereocenters. The Morgan fingerprint density at radius 3 is 2.67 bits per heavy atom. The van der Waals surface area contributed by atoms with Gasteiger partial charge in [-0.25, -0.2) is 9.40 Å². The number of hydrazine groups is 1. The van der Waals surface area contributed by atoms with Crippen LogP contribution in [0.2, 0.25) is 0 Å². The molecule has 0 atom stereocenters. The van der Waals surface area contributed by atoms with E-state index in [0.29, 0.717) is 0 Å². The second kappa shape index (κ2) is 4.62. The molecule has 1 aliphatic heterocycles. The first-order chi connectivity index (χ1) is 7.31. The molecule has 0 saturated carbocycles. The molecule has 0 aromatic heterocycles. The van der Waals surface area contributed by atoms with Crippen LogP contribution in [0.3, 0.4) is 0 Å². The van der Waals surface area contributed by atoms with Gasteiger partial charge >= 0.3 is 0 Å². The fraction of sp³-hybridized carbons (Fsp3) is 0.500. The van der Waals surface area contributed by atoms with Crippen molar-refractivity contribution in [3.8, 4) is 0 Å². The highest BCUT2D eigenvalue weighted by Crippen LogP contribution is 2.20. The van der Waals surface area contributed by atoms with Gasteiger partial charge in [-0.2, -0.15) is 0 Å². The van der Waals surface area contributed by atoms with Crippen LogP contribution in [0.1, 0.15) is 19.8 Å². The van der Waals surface area contributed by atoms with Crippen LogP contribution in [0.15, 0.2) is 24.3 Å². The fourth-order valence-corrected chi connectivity index (χ4v) is 2.12. The van der Waals surface area contributed by atoms with Crippen LogP contribution in [-0.4, -0.2) is 24.6 Å². The number of rotatable bonds is 3. The maximum atomic E-state index is 13.1. The average molecular weight is 208 g/mol. The van der Waals surface area contributed by atoms with Crippen LogP contribution in [0.5, 0.6) is 0 Å². The number of anilines is 1. The van der Waals surface area contributed by atoms with E-state index in [1.165, 1.54) is 18.9 Å². The number of halogens is 1. The molecule has 0 amide bonds. The second-order valence-corrected chi connectivity index (χ2v) is 3.86. The Hall–Kier alpha value is -1.09. The maximum absolute atomic E-state index is 13.1. The van der Waals surface area contributed by atoms with Crippen LogP contribution in [0.25, 0.3) is 0 Å². The van der Waals surface area contributed by atoms with Crippen LogP contribution >= 0.6 is 0 Å². The van der Waals surface area contributed by atoms with E-state index >= 15 is 0 Å². The summed E-state index contributed by atoms with van der Waals surface area (Å²) in [7, 11) is 0. The molecule has 3 heteroatoms. The summed E-state index contributed by atoms with van der Waals surface area (Å²) in [4.78, 5) is 0. The van der Waals surface area contributed by atoms with Gasteiger partial charge in [0.25, 0.3) is 0 Å². The number of hydrogen-bond acceptors (Lipinski definition) is 2. The Balaban J connectivity index is 2.18.